The van der Waals surface area contributed by atoms with Gasteiger partial charge >= 0.3 is 0 Å². The van der Waals surface area contributed by atoms with Crippen molar-refractivity contribution in [3.8, 4) is 11.8 Å². The van der Waals surface area contributed by atoms with Crippen molar-refractivity contribution in [3.63, 3.8) is 0 Å². The minimum atomic E-state index is 0.628. The van der Waals surface area contributed by atoms with E-state index in [4.69, 9.17) is 4.74 Å². The molecule has 2 aromatic rings. The van der Waals surface area contributed by atoms with Crippen molar-refractivity contribution in [2.24, 2.45) is 5.92 Å². The van der Waals surface area contributed by atoms with Crippen molar-refractivity contribution < 1.29 is 4.74 Å². The molecule has 2 heteroatoms. The maximum absolute atomic E-state index is 9.40. The van der Waals surface area contributed by atoms with Gasteiger partial charge in [-0.15, -0.1) is 0 Å². The van der Waals surface area contributed by atoms with Crippen LogP contribution in [-0.2, 0) is 0 Å². The fourth-order valence-corrected chi connectivity index (χ4v) is 2.74. The van der Waals surface area contributed by atoms with Crippen LogP contribution in [0.4, 0.5) is 0 Å². The van der Waals surface area contributed by atoms with E-state index < -0.39 is 0 Å². The number of nitriles is 1. The van der Waals surface area contributed by atoms with Crippen molar-refractivity contribution in [2.45, 2.75) is 39.5 Å². The molecule has 0 heterocycles. The molecule has 0 aliphatic rings. The number of benzene rings is 2. The number of unbranched alkanes of at least 4 members (excludes halogenated alkanes) is 1. The van der Waals surface area contributed by atoms with Crippen molar-refractivity contribution in [1.29, 1.82) is 5.26 Å². The highest BCUT2D eigenvalue weighted by Gasteiger charge is 2.07. The predicted octanol–water partition coefficient (Wildman–Crippen LogP) is 6.35. The molecule has 0 aliphatic heterocycles. The van der Waals surface area contributed by atoms with E-state index in [1.54, 1.807) is 0 Å². The van der Waals surface area contributed by atoms with E-state index >= 15 is 0 Å². The van der Waals surface area contributed by atoms with Gasteiger partial charge in [0.25, 0.3) is 0 Å². The number of allylic oxidation sites excluding steroid dienone is 1. The third kappa shape index (κ3) is 6.12. The molecular weight excluding hydrogens is 306 g/mol. The van der Waals surface area contributed by atoms with Gasteiger partial charge in [-0.2, -0.15) is 5.26 Å². The summed E-state index contributed by atoms with van der Waals surface area (Å²) < 4.78 is 5.94. The molecule has 2 aromatic carbocycles. The summed E-state index contributed by atoms with van der Waals surface area (Å²) in [4.78, 5) is 0. The van der Waals surface area contributed by atoms with Gasteiger partial charge in [0.1, 0.15) is 5.75 Å². The first-order chi connectivity index (χ1) is 12.3. The number of ether oxygens (including phenoxy) is 1. The molecule has 25 heavy (non-hydrogen) atoms. The molecule has 0 aliphatic carbocycles. The first kappa shape index (κ1) is 18.8. The number of hydrogen-bond donors (Lipinski definition) is 0. The molecule has 0 bridgehead atoms. The normalized spacial score (nSPS) is 12.4. The average Bonchev–Trinajstić information content (AvgIpc) is 2.68. The maximum Gasteiger partial charge on any atom is 0.119 e. The second-order valence-electron chi connectivity index (χ2n) is 6.33. The Labute approximate surface area is 151 Å². The molecule has 0 spiro atoms. The summed E-state index contributed by atoms with van der Waals surface area (Å²) >= 11 is 0. The Hall–Kier alpha value is -2.53. The van der Waals surface area contributed by atoms with E-state index in [9.17, 15) is 5.26 Å². The quantitative estimate of drug-likeness (QED) is 0.396. The zero-order valence-corrected chi connectivity index (χ0v) is 15.2. The van der Waals surface area contributed by atoms with E-state index in [1.165, 1.54) is 19.3 Å². The van der Waals surface area contributed by atoms with Crippen LogP contribution in [-0.4, -0.2) is 6.61 Å². The third-order valence-electron chi connectivity index (χ3n) is 4.43. The fraction of sp³-hybridized carbons (Fsp3) is 0.348. The average molecular weight is 333 g/mol. The summed E-state index contributed by atoms with van der Waals surface area (Å²) in [6.45, 7) is 5.23. The summed E-state index contributed by atoms with van der Waals surface area (Å²) in [6.07, 6.45) is 6.80. The van der Waals surface area contributed by atoms with Gasteiger partial charge < -0.3 is 4.74 Å². The summed E-state index contributed by atoms with van der Waals surface area (Å²) in [5.74, 6) is 1.52. The van der Waals surface area contributed by atoms with E-state index in [0.717, 1.165) is 29.9 Å². The van der Waals surface area contributed by atoms with Gasteiger partial charge in [-0.25, -0.2) is 0 Å². The second kappa shape index (κ2) is 10.4. The standard InChI is InChI=1S/C23H27NO/c1-3-5-9-19(4-2)18-25-23-14-12-20(13-15-23)16-22(17-24)21-10-7-6-8-11-21/h6-8,10-16,19H,3-5,9,18H2,1-2H3/b22-16-. The SMILES string of the molecule is CCCCC(CC)COc1ccc(/C=C(/C#N)c2ccccc2)cc1. The summed E-state index contributed by atoms with van der Waals surface area (Å²) in [7, 11) is 0. The molecule has 2 nitrogen and oxygen atoms in total. The van der Waals surface area contributed by atoms with Crippen LogP contribution in [0.2, 0.25) is 0 Å². The zero-order chi connectivity index (χ0) is 17.9. The largest absolute Gasteiger partial charge is 0.493 e. The number of nitrogens with zero attached hydrogens (tertiary/aromatic N) is 1. The fourth-order valence-electron chi connectivity index (χ4n) is 2.74. The van der Waals surface area contributed by atoms with Gasteiger partial charge in [0, 0.05) is 0 Å². The first-order valence-corrected chi connectivity index (χ1v) is 9.16. The maximum atomic E-state index is 9.40. The predicted molar refractivity (Wildman–Crippen MR) is 105 cm³/mol. The van der Waals surface area contributed by atoms with Crippen LogP contribution in [0.25, 0.3) is 11.6 Å². The number of hydrogen-bond acceptors (Lipinski definition) is 2. The monoisotopic (exact) mass is 333 g/mol. The van der Waals surface area contributed by atoms with Gasteiger partial charge in [-0.1, -0.05) is 75.6 Å². The smallest absolute Gasteiger partial charge is 0.119 e. The minimum absolute atomic E-state index is 0.628. The van der Waals surface area contributed by atoms with Crippen LogP contribution in [0.1, 0.15) is 50.7 Å². The Bertz CT molecular complexity index is 695. The summed E-state index contributed by atoms with van der Waals surface area (Å²) in [5, 5.41) is 9.40. The molecule has 0 aromatic heterocycles. The van der Waals surface area contributed by atoms with Crippen LogP contribution in [0.5, 0.6) is 5.75 Å². The Morgan fingerprint density at radius 3 is 2.40 bits per heavy atom. The van der Waals surface area contributed by atoms with E-state index in [0.29, 0.717) is 11.5 Å². The van der Waals surface area contributed by atoms with Crippen molar-refractivity contribution in [2.75, 3.05) is 6.61 Å². The van der Waals surface area contributed by atoms with Crippen LogP contribution >= 0.6 is 0 Å². The van der Waals surface area contributed by atoms with E-state index in [-0.39, 0.29) is 0 Å². The Kier molecular flexibility index (Phi) is 7.79. The highest BCUT2D eigenvalue weighted by atomic mass is 16.5. The molecule has 1 atom stereocenters. The van der Waals surface area contributed by atoms with Crippen LogP contribution in [0.15, 0.2) is 54.6 Å². The topological polar surface area (TPSA) is 33.0 Å². The molecule has 0 fully saturated rings. The van der Waals surface area contributed by atoms with E-state index in [2.05, 4.69) is 19.9 Å². The van der Waals surface area contributed by atoms with Gasteiger partial charge in [-0.05, 0) is 41.7 Å². The Morgan fingerprint density at radius 1 is 1.08 bits per heavy atom. The molecule has 1 unspecified atom stereocenters. The van der Waals surface area contributed by atoms with Gasteiger partial charge in [0.2, 0.25) is 0 Å². The van der Waals surface area contributed by atoms with Crippen LogP contribution < -0.4 is 4.74 Å². The molecule has 2 rings (SSSR count). The number of rotatable bonds is 9. The Morgan fingerprint density at radius 2 is 1.80 bits per heavy atom. The lowest BCUT2D eigenvalue weighted by Crippen LogP contribution is -2.11. The molecule has 0 saturated carbocycles. The van der Waals surface area contributed by atoms with Crippen molar-refractivity contribution in [3.05, 3.63) is 65.7 Å². The second-order valence-corrected chi connectivity index (χ2v) is 6.33. The molecular formula is C23H27NO. The lowest BCUT2D eigenvalue weighted by atomic mass is 10.0. The highest BCUT2D eigenvalue weighted by molar-refractivity contribution is 5.89. The zero-order valence-electron chi connectivity index (χ0n) is 15.2. The molecule has 0 N–H and O–H groups in total. The summed E-state index contributed by atoms with van der Waals surface area (Å²) in [5.41, 5.74) is 2.61. The molecule has 0 amide bonds. The van der Waals surface area contributed by atoms with Gasteiger partial charge in [-0.3, -0.25) is 0 Å². The van der Waals surface area contributed by atoms with Crippen molar-refractivity contribution >= 4 is 11.6 Å². The van der Waals surface area contributed by atoms with Crippen LogP contribution in [0, 0.1) is 17.2 Å². The lowest BCUT2D eigenvalue weighted by Gasteiger charge is -2.15. The minimum Gasteiger partial charge on any atom is -0.493 e. The molecule has 130 valence electrons. The third-order valence-corrected chi connectivity index (χ3v) is 4.43. The van der Waals surface area contributed by atoms with Crippen molar-refractivity contribution in [1.82, 2.24) is 0 Å². The van der Waals surface area contributed by atoms with Gasteiger partial charge in [0.05, 0.1) is 18.2 Å². The van der Waals surface area contributed by atoms with E-state index in [1.807, 2.05) is 60.7 Å². The lowest BCUT2D eigenvalue weighted by molar-refractivity contribution is 0.233. The Balaban J connectivity index is 1.99. The molecule has 0 radical (unpaired) electrons. The van der Waals surface area contributed by atoms with Gasteiger partial charge in [0.15, 0.2) is 0 Å². The summed E-state index contributed by atoms with van der Waals surface area (Å²) in [6, 6.07) is 20.0. The molecule has 0 saturated heterocycles. The first-order valence-electron chi connectivity index (χ1n) is 9.16. The van der Waals surface area contributed by atoms with Crippen LogP contribution in [0.3, 0.4) is 0 Å². The highest BCUT2D eigenvalue weighted by Crippen LogP contribution is 2.21.